The number of hydrogen-bond acceptors (Lipinski definition) is 3. The fourth-order valence-electron chi connectivity index (χ4n) is 3.01. The first-order chi connectivity index (χ1) is 11.1. The van der Waals surface area contributed by atoms with E-state index in [0.29, 0.717) is 5.56 Å². The number of benzene rings is 1. The maximum Gasteiger partial charge on any atom is 0.123 e. The summed E-state index contributed by atoms with van der Waals surface area (Å²) in [4.78, 5) is 6.57. The van der Waals surface area contributed by atoms with Crippen LogP contribution in [-0.2, 0) is 0 Å². The van der Waals surface area contributed by atoms with Crippen LogP contribution < -0.4 is 4.90 Å². The van der Waals surface area contributed by atoms with Gasteiger partial charge in [-0.15, -0.1) is 0 Å². The van der Waals surface area contributed by atoms with Gasteiger partial charge in [-0.05, 0) is 49.6 Å². The molecule has 3 nitrogen and oxygen atoms in total. The third kappa shape index (κ3) is 3.09. The molecular formula is C19H18FN3. The van der Waals surface area contributed by atoms with Crippen LogP contribution in [0.1, 0.15) is 28.9 Å². The van der Waals surface area contributed by atoms with Crippen molar-refractivity contribution in [3.8, 4) is 6.07 Å². The monoisotopic (exact) mass is 307 g/mol. The molecule has 23 heavy (non-hydrogen) atoms. The van der Waals surface area contributed by atoms with E-state index >= 15 is 0 Å². The molecule has 0 aliphatic carbocycles. The van der Waals surface area contributed by atoms with Crippen LogP contribution in [0, 0.1) is 31.0 Å². The van der Waals surface area contributed by atoms with E-state index in [1.165, 1.54) is 17.7 Å². The van der Waals surface area contributed by atoms with Crippen molar-refractivity contribution in [1.29, 1.82) is 5.26 Å². The van der Waals surface area contributed by atoms with Gasteiger partial charge in [-0.25, -0.2) is 4.39 Å². The van der Waals surface area contributed by atoms with Crippen molar-refractivity contribution in [3.05, 3.63) is 64.7 Å². The Morgan fingerprint density at radius 3 is 2.57 bits per heavy atom. The van der Waals surface area contributed by atoms with Crippen LogP contribution in [0.2, 0.25) is 0 Å². The third-order valence-electron chi connectivity index (χ3n) is 4.18. The Morgan fingerprint density at radius 1 is 1.22 bits per heavy atom. The minimum Gasteiger partial charge on any atom is -0.366 e. The molecule has 4 heteroatoms. The number of halogens is 1. The number of pyridine rings is 1. The summed E-state index contributed by atoms with van der Waals surface area (Å²) in [6.45, 7) is 5.39. The SMILES string of the molecule is Cc1cc(N2CC=C(c3ccc(F)cc3)CC2)c(C#N)c(C)n1. The van der Waals surface area contributed by atoms with Gasteiger partial charge < -0.3 is 4.90 Å². The maximum atomic E-state index is 13.0. The van der Waals surface area contributed by atoms with E-state index in [0.717, 1.165) is 42.1 Å². The summed E-state index contributed by atoms with van der Waals surface area (Å²) in [6, 6.07) is 10.9. The topological polar surface area (TPSA) is 39.9 Å². The Morgan fingerprint density at radius 2 is 1.96 bits per heavy atom. The number of hydrogen-bond donors (Lipinski definition) is 0. The highest BCUT2D eigenvalue weighted by Gasteiger charge is 2.18. The molecule has 1 aromatic carbocycles. The van der Waals surface area contributed by atoms with Crippen molar-refractivity contribution >= 4 is 11.3 Å². The predicted octanol–water partition coefficient (Wildman–Crippen LogP) is 4.00. The van der Waals surface area contributed by atoms with Crippen LogP contribution >= 0.6 is 0 Å². The molecule has 0 atom stereocenters. The van der Waals surface area contributed by atoms with Crippen LogP contribution in [0.15, 0.2) is 36.4 Å². The predicted molar refractivity (Wildman–Crippen MR) is 89.6 cm³/mol. The lowest BCUT2D eigenvalue weighted by Crippen LogP contribution is -2.29. The zero-order valence-electron chi connectivity index (χ0n) is 13.3. The van der Waals surface area contributed by atoms with Gasteiger partial charge in [0, 0.05) is 18.8 Å². The maximum absolute atomic E-state index is 13.0. The standard InChI is InChI=1S/C19H18FN3/c1-13-11-19(18(12-21)14(2)22-13)23-9-7-16(8-10-23)15-3-5-17(20)6-4-15/h3-7,11H,8-10H2,1-2H3. The molecule has 1 aliphatic rings. The summed E-state index contributed by atoms with van der Waals surface area (Å²) in [7, 11) is 0. The molecule has 0 saturated heterocycles. The first kappa shape index (κ1) is 15.2. The molecule has 0 spiro atoms. The van der Waals surface area contributed by atoms with E-state index < -0.39 is 0 Å². The fraction of sp³-hybridized carbons (Fsp3) is 0.263. The molecule has 0 saturated carbocycles. The van der Waals surface area contributed by atoms with E-state index in [9.17, 15) is 9.65 Å². The van der Waals surface area contributed by atoms with Crippen molar-refractivity contribution < 1.29 is 4.39 Å². The minimum absolute atomic E-state index is 0.215. The van der Waals surface area contributed by atoms with Gasteiger partial charge in [-0.1, -0.05) is 18.2 Å². The summed E-state index contributed by atoms with van der Waals surface area (Å²) >= 11 is 0. The molecule has 0 unspecified atom stereocenters. The molecule has 0 radical (unpaired) electrons. The average molecular weight is 307 g/mol. The molecule has 0 amide bonds. The molecule has 3 rings (SSSR count). The minimum atomic E-state index is -0.215. The van der Waals surface area contributed by atoms with Gasteiger partial charge in [0.05, 0.1) is 16.9 Å². The van der Waals surface area contributed by atoms with Crippen molar-refractivity contribution in [3.63, 3.8) is 0 Å². The normalized spacial score (nSPS) is 14.3. The second-order valence-electron chi connectivity index (χ2n) is 5.79. The summed E-state index contributed by atoms with van der Waals surface area (Å²) < 4.78 is 13.0. The molecule has 0 fully saturated rings. The fourth-order valence-corrected chi connectivity index (χ4v) is 3.01. The number of nitriles is 1. The van der Waals surface area contributed by atoms with Crippen LogP contribution in [0.3, 0.4) is 0 Å². The zero-order chi connectivity index (χ0) is 16.4. The van der Waals surface area contributed by atoms with Gasteiger partial charge in [0.1, 0.15) is 11.9 Å². The molecule has 116 valence electrons. The lowest BCUT2D eigenvalue weighted by molar-refractivity contribution is 0.627. The Hall–Kier alpha value is -2.67. The van der Waals surface area contributed by atoms with Crippen molar-refractivity contribution in [2.75, 3.05) is 18.0 Å². The number of rotatable bonds is 2. The lowest BCUT2D eigenvalue weighted by Gasteiger charge is -2.29. The highest BCUT2D eigenvalue weighted by atomic mass is 19.1. The van der Waals surface area contributed by atoms with E-state index in [4.69, 9.17) is 0 Å². The number of anilines is 1. The third-order valence-corrected chi connectivity index (χ3v) is 4.18. The van der Waals surface area contributed by atoms with Gasteiger partial charge in [0.2, 0.25) is 0 Å². The van der Waals surface area contributed by atoms with Crippen molar-refractivity contribution in [1.82, 2.24) is 4.98 Å². The van der Waals surface area contributed by atoms with Gasteiger partial charge in [-0.2, -0.15) is 5.26 Å². The molecule has 1 aromatic heterocycles. The first-order valence-corrected chi connectivity index (χ1v) is 7.67. The Bertz CT molecular complexity index is 801. The highest BCUT2D eigenvalue weighted by Crippen LogP contribution is 2.29. The van der Waals surface area contributed by atoms with E-state index in [1.807, 2.05) is 32.0 Å². The molecule has 0 bridgehead atoms. The molecule has 0 N–H and O–H groups in total. The van der Waals surface area contributed by atoms with Gasteiger partial charge in [-0.3, -0.25) is 4.98 Å². The Balaban J connectivity index is 1.87. The smallest absolute Gasteiger partial charge is 0.123 e. The second-order valence-corrected chi connectivity index (χ2v) is 5.79. The van der Waals surface area contributed by atoms with Crippen LogP contribution in [0.5, 0.6) is 0 Å². The quantitative estimate of drug-likeness (QED) is 0.842. The Kier molecular flexibility index (Phi) is 4.12. The van der Waals surface area contributed by atoms with Crippen LogP contribution in [-0.4, -0.2) is 18.1 Å². The van der Waals surface area contributed by atoms with Gasteiger partial charge >= 0.3 is 0 Å². The highest BCUT2D eigenvalue weighted by molar-refractivity contribution is 5.70. The van der Waals surface area contributed by atoms with E-state index in [2.05, 4.69) is 22.0 Å². The van der Waals surface area contributed by atoms with Crippen molar-refractivity contribution in [2.24, 2.45) is 0 Å². The average Bonchev–Trinajstić information content (AvgIpc) is 2.55. The van der Waals surface area contributed by atoms with E-state index in [-0.39, 0.29) is 5.82 Å². The second kappa shape index (κ2) is 6.21. The zero-order valence-corrected chi connectivity index (χ0v) is 13.3. The number of aromatic nitrogens is 1. The van der Waals surface area contributed by atoms with Gasteiger partial charge in [0.15, 0.2) is 0 Å². The van der Waals surface area contributed by atoms with Crippen LogP contribution in [0.4, 0.5) is 10.1 Å². The molecule has 1 aliphatic heterocycles. The largest absolute Gasteiger partial charge is 0.366 e. The molecule has 2 heterocycles. The van der Waals surface area contributed by atoms with Gasteiger partial charge in [0.25, 0.3) is 0 Å². The summed E-state index contributed by atoms with van der Waals surface area (Å²) in [5.41, 5.74) is 5.58. The lowest BCUT2D eigenvalue weighted by atomic mass is 9.98. The van der Waals surface area contributed by atoms with Crippen molar-refractivity contribution in [2.45, 2.75) is 20.3 Å². The molecule has 2 aromatic rings. The summed E-state index contributed by atoms with van der Waals surface area (Å²) in [5, 5.41) is 9.41. The summed E-state index contributed by atoms with van der Waals surface area (Å²) in [6.07, 6.45) is 3.03. The Labute approximate surface area is 135 Å². The van der Waals surface area contributed by atoms with E-state index in [1.54, 1.807) is 0 Å². The first-order valence-electron chi connectivity index (χ1n) is 7.67. The number of nitrogens with zero attached hydrogens (tertiary/aromatic N) is 3. The number of aryl methyl sites for hydroxylation is 2. The summed E-state index contributed by atoms with van der Waals surface area (Å²) in [5.74, 6) is -0.215. The molecular weight excluding hydrogens is 289 g/mol. The van der Waals surface area contributed by atoms with Crippen LogP contribution in [0.25, 0.3) is 5.57 Å².